The molecule has 0 bridgehead atoms. The van der Waals surface area contributed by atoms with Crippen molar-refractivity contribution in [2.45, 2.75) is 30.8 Å². The molecular formula is C23H28N4O4S. The number of methoxy groups -OCH3 is 3. The van der Waals surface area contributed by atoms with Gasteiger partial charge in [0, 0.05) is 12.8 Å². The molecule has 1 unspecified atom stereocenters. The third-order valence-electron chi connectivity index (χ3n) is 5.17. The highest BCUT2D eigenvalue weighted by atomic mass is 32.2. The molecule has 8 nitrogen and oxygen atoms in total. The maximum atomic E-state index is 13.0. The summed E-state index contributed by atoms with van der Waals surface area (Å²) < 4.78 is 18.0. The van der Waals surface area contributed by atoms with Crippen molar-refractivity contribution in [1.29, 1.82) is 0 Å². The number of aromatic nitrogens is 3. The number of hydrogen-bond acceptors (Lipinski definition) is 7. The van der Waals surface area contributed by atoms with Crippen molar-refractivity contribution in [3.8, 4) is 17.2 Å². The number of carbonyl (C=O) groups is 1. The van der Waals surface area contributed by atoms with Crippen molar-refractivity contribution in [1.82, 2.24) is 20.1 Å². The first-order chi connectivity index (χ1) is 15.4. The molecule has 0 fully saturated rings. The number of hydrogen-bond donors (Lipinski definition) is 1. The highest BCUT2D eigenvalue weighted by Crippen LogP contribution is 2.39. The summed E-state index contributed by atoms with van der Waals surface area (Å²) in [6.45, 7) is 3.96. The molecule has 2 aromatic carbocycles. The number of aryl methyl sites for hydroxylation is 1. The van der Waals surface area contributed by atoms with Gasteiger partial charge in [0.1, 0.15) is 0 Å². The second-order valence-electron chi connectivity index (χ2n) is 7.19. The molecule has 32 heavy (non-hydrogen) atoms. The Bertz CT molecular complexity index is 1100. The van der Waals surface area contributed by atoms with Crippen LogP contribution in [0.4, 0.5) is 0 Å². The number of thioether (sulfide) groups is 1. The lowest BCUT2D eigenvalue weighted by atomic mass is 10.1. The van der Waals surface area contributed by atoms with Crippen LogP contribution in [0.15, 0.2) is 41.6 Å². The van der Waals surface area contributed by atoms with Crippen LogP contribution in [0.2, 0.25) is 0 Å². The number of rotatable bonds is 9. The van der Waals surface area contributed by atoms with Gasteiger partial charge < -0.3 is 24.1 Å². The van der Waals surface area contributed by atoms with Crippen LogP contribution in [0.5, 0.6) is 17.2 Å². The average Bonchev–Trinajstić information content (AvgIpc) is 3.17. The van der Waals surface area contributed by atoms with E-state index in [9.17, 15) is 4.79 Å². The summed E-state index contributed by atoms with van der Waals surface area (Å²) in [7, 11) is 6.41. The van der Waals surface area contributed by atoms with Gasteiger partial charge in [0.15, 0.2) is 22.5 Å². The van der Waals surface area contributed by atoms with Crippen LogP contribution in [-0.4, -0.2) is 42.0 Å². The maximum Gasteiger partial charge on any atom is 0.255 e. The Kier molecular flexibility index (Phi) is 7.63. The van der Waals surface area contributed by atoms with E-state index < -0.39 is 0 Å². The van der Waals surface area contributed by atoms with Gasteiger partial charge in [-0.1, -0.05) is 36.0 Å². The molecule has 1 atom stereocenters. The lowest BCUT2D eigenvalue weighted by Gasteiger charge is -2.17. The van der Waals surface area contributed by atoms with E-state index in [1.165, 1.54) is 32.5 Å². The summed E-state index contributed by atoms with van der Waals surface area (Å²) in [4.78, 5) is 13.0. The van der Waals surface area contributed by atoms with E-state index in [4.69, 9.17) is 14.2 Å². The van der Waals surface area contributed by atoms with Crippen molar-refractivity contribution < 1.29 is 19.0 Å². The number of benzene rings is 2. The molecule has 0 saturated heterocycles. The minimum Gasteiger partial charge on any atom is -0.493 e. The van der Waals surface area contributed by atoms with Gasteiger partial charge in [-0.2, -0.15) is 0 Å². The lowest BCUT2D eigenvalue weighted by Crippen LogP contribution is -2.29. The first-order valence-electron chi connectivity index (χ1n) is 10.1. The monoisotopic (exact) mass is 456 g/mol. The Balaban J connectivity index is 1.74. The van der Waals surface area contributed by atoms with E-state index in [0.29, 0.717) is 28.6 Å². The first kappa shape index (κ1) is 23.5. The fourth-order valence-corrected chi connectivity index (χ4v) is 4.36. The number of nitrogens with zero attached hydrogens (tertiary/aromatic N) is 3. The highest BCUT2D eigenvalue weighted by molar-refractivity contribution is 7.98. The van der Waals surface area contributed by atoms with E-state index in [1.807, 2.05) is 30.7 Å². The second kappa shape index (κ2) is 10.4. The van der Waals surface area contributed by atoms with E-state index in [2.05, 4.69) is 34.6 Å². The van der Waals surface area contributed by atoms with Crippen LogP contribution in [0.25, 0.3) is 0 Å². The maximum absolute atomic E-state index is 13.0. The Hall–Kier alpha value is -3.20. The quantitative estimate of drug-likeness (QED) is 0.488. The van der Waals surface area contributed by atoms with Gasteiger partial charge in [0.25, 0.3) is 5.91 Å². The number of carbonyl (C=O) groups excluding carboxylic acids is 1. The fourth-order valence-electron chi connectivity index (χ4n) is 3.36. The molecular weight excluding hydrogens is 428 g/mol. The molecule has 0 radical (unpaired) electrons. The zero-order chi connectivity index (χ0) is 23.3. The van der Waals surface area contributed by atoms with Crippen molar-refractivity contribution in [2.24, 2.45) is 7.05 Å². The van der Waals surface area contributed by atoms with Gasteiger partial charge in [-0.15, -0.1) is 10.2 Å². The van der Waals surface area contributed by atoms with E-state index in [1.54, 1.807) is 23.9 Å². The summed E-state index contributed by atoms with van der Waals surface area (Å²) in [6, 6.07) is 11.2. The van der Waals surface area contributed by atoms with E-state index in [0.717, 1.165) is 10.9 Å². The molecule has 170 valence electrons. The van der Waals surface area contributed by atoms with Gasteiger partial charge in [-0.3, -0.25) is 4.79 Å². The Morgan fingerprint density at radius 2 is 1.78 bits per heavy atom. The molecule has 3 rings (SSSR count). The Labute approximate surface area is 192 Å². The lowest BCUT2D eigenvalue weighted by molar-refractivity contribution is 0.0934. The zero-order valence-electron chi connectivity index (χ0n) is 19.1. The summed E-state index contributed by atoms with van der Waals surface area (Å²) in [5, 5.41) is 12.4. The predicted octanol–water partition coefficient (Wildman–Crippen LogP) is 3.93. The molecule has 1 N–H and O–H groups in total. The minimum atomic E-state index is -0.370. The Morgan fingerprint density at radius 3 is 2.44 bits per heavy atom. The SMILES string of the molecule is COc1ccc(C(=O)NC(C)c2nnc(SCc3ccccc3C)n2C)c(OC)c1OC. The molecule has 1 heterocycles. The zero-order valence-corrected chi connectivity index (χ0v) is 19.9. The van der Waals surface area contributed by atoms with Crippen molar-refractivity contribution >= 4 is 17.7 Å². The van der Waals surface area contributed by atoms with Gasteiger partial charge in [-0.25, -0.2) is 0 Å². The van der Waals surface area contributed by atoms with Crippen LogP contribution in [0.3, 0.4) is 0 Å². The van der Waals surface area contributed by atoms with Crippen LogP contribution < -0.4 is 19.5 Å². The minimum absolute atomic E-state index is 0.309. The van der Waals surface area contributed by atoms with Gasteiger partial charge in [0.2, 0.25) is 5.75 Å². The molecule has 0 spiro atoms. The van der Waals surface area contributed by atoms with Gasteiger partial charge in [0.05, 0.1) is 32.9 Å². The number of ether oxygens (including phenoxy) is 3. The van der Waals surface area contributed by atoms with Crippen molar-refractivity contribution in [3.63, 3.8) is 0 Å². The first-order valence-corrected chi connectivity index (χ1v) is 11.1. The topological polar surface area (TPSA) is 87.5 Å². The van der Waals surface area contributed by atoms with Crippen LogP contribution in [-0.2, 0) is 12.8 Å². The van der Waals surface area contributed by atoms with E-state index in [-0.39, 0.29) is 11.9 Å². The number of amides is 1. The Morgan fingerprint density at radius 1 is 1.06 bits per heavy atom. The summed E-state index contributed by atoms with van der Waals surface area (Å²) in [5.74, 6) is 2.30. The van der Waals surface area contributed by atoms with Gasteiger partial charge in [-0.05, 0) is 37.1 Å². The fraction of sp³-hybridized carbons (Fsp3) is 0.348. The third-order valence-corrected chi connectivity index (χ3v) is 6.24. The van der Waals surface area contributed by atoms with Crippen LogP contribution in [0, 0.1) is 6.92 Å². The van der Waals surface area contributed by atoms with Crippen LogP contribution >= 0.6 is 11.8 Å². The molecule has 3 aromatic rings. The highest BCUT2D eigenvalue weighted by Gasteiger charge is 2.24. The van der Waals surface area contributed by atoms with Gasteiger partial charge >= 0.3 is 0 Å². The summed E-state index contributed by atoms with van der Waals surface area (Å²) in [6.07, 6.45) is 0. The molecule has 1 amide bonds. The number of nitrogens with one attached hydrogen (secondary N) is 1. The molecule has 0 aliphatic carbocycles. The molecule has 0 aliphatic heterocycles. The summed E-state index contributed by atoms with van der Waals surface area (Å²) in [5.41, 5.74) is 2.84. The second-order valence-corrected chi connectivity index (χ2v) is 8.13. The van der Waals surface area contributed by atoms with Crippen molar-refractivity contribution in [3.05, 3.63) is 58.9 Å². The predicted molar refractivity (Wildman–Crippen MR) is 124 cm³/mol. The normalized spacial score (nSPS) is 11.7. The third kappa shape index (κ3) is 4.83. The molecule has 0 saturated carbocycles. The molecule has 9 heteroatoms. The average molecular weight is 457 g/mol. The van der Waals surface area contributed by atoms with E-state index >= 15 is 0 Å². The largest absolute Gasteiger partial charge is 0.493 e. The molecule has 0 aliphatic rings. The standard InChI is InChI=1S/C23H28N4O4S/c1-14-9-7-8-10-16(14)13-32-23-26-25-21(27(23)3)15(2)24-22(28)17-11-12-18(29-4)20(31-6)19(17)30-5/h7-12,15H,13H2,1-6H3,(H,24,28). The smallest absolute Gasteiger partial charge is 0.255 e. The van der Waals surface area contributed by atoms with Crippen LogP contribution in [0.1, 0.15) is 40.3 Å². The summed E-state index contributed by atoms with van der Waals surface area (Å²) >= 11 is 1.61. The molecule has 1 aromatic heterocycles. The van der Waals surface area contributed by atoms with Crippen molar-refractivity contribution in [2.75, 3.05) is 21.3 Å².